The monoisotopic (exact) mass is 200 g/mol. The van der Waals surface area contributed by atoms with Gasteiger partial charge < -0.3 is 19.7 Å². The van der Waals surface area contributed by atoms with Crippen LogP contribution in [0.2, 0.25) is 0 Å². The highest BCUT2D eigenvalue weighted by molar-refractivity contribution is 5.41. The van der Waals surface area contributed by atoms with Crippen LogP contribution in [0, 0.1) is 0 Å². The second-order valence-corrected chi connectivity index (χ2v) is 2.57. The van der Waals surface area contributed by atoms with E-state index in [9.17, 15) is 0 Å². The van der Waals surface area contributed by atoms with Crippen LogP contribution in [-0.4, -0.2) is 31.5 Å². The van der Waals surface area contributed by atoms with E-state index in [1.807, 2.05) is 0 Å². The van der Waals surface area contributed by atoms with E-state index in [1.54, 1.807) is 26.4 Å². The quantitative estimate of drug-likeness (QED) is 0.752. The normalized spacial score (nSPS) is 8.86. The summed E-state index contributed by atoms with van der Waals surface area (Å²) in [4.78, 5) is 0. The van der Waals surface area contributed by atoms with Gasteiger partial charge in [0, 0.05) is 14.2 Å². The third kappa shape index (κ3) is 4.11. The summed E-state index contributed by atoms with van der Waals surface area (Å²) >= 11 is 0. The first kappa shape index (κ1) is 12.7. The van der Waals surface area contributed by atoms with E-state index in [4.69, 9.17) is 14.9 Å². The first-order valence-electron chi connectivity index (χ1n) is 4.06. The lowest BCUT2D eigenvalue weighted by molar-refractivity contribution is 0.277. The number of aromatic hydroxyl groups is 1. The molecule has 80 valence electrons. The highest BCUT2D eigenvalue weighted by atomic mass is 16.5. The molecule has 0 spiro atoms. The summed E-state index contributed by atoms with van der Waals surface area (Å²) in [6, 6.07) is 4.72. The molecule has 0 bridgehead atoms. The maximum Gasteiger partial charge on any atom is 0.160 e. The lowest BCUT2D eigenvalue weighted by atomic mass is 10.2. The number of phenols is 1. The molecule has 0 aliphatic carbocycles. The Morgan fingerprint density at radius 1 is 1.21 bits per heavy atom. The molecule has 1 aromatic carbocycles. The summed E-state index contributed by atoms with van der Waals surface area (Å²) < 4.78 is 9.08. The van der Waals surface area contributed by atoms with Crippen molar-refractivity contribution in [2.24, 2.45) is 0 Å². The van der Waals surface area contributed by atoms with Gasteiger partial charge in [-0.3, -0.25) is 0 Å². The summed E-state index contributed by atoms with van der Waals surface area (Å²) in [6.45, 7) is -0.0450. The molecular weight excluding hydrogens is 184 g/mol. The SMILES string of the molecule is COC.COc1cc(CO)ccc1O. The number of aliphatic hydroxyl groups excluding tert-OH is 1. The van der Waals surface area contributed by atoms with E-state index in [2.05, 4.69) is 4.74 Å². The fraction of sp³-hybridized carbons (Fsp3) is 0.400. The Labute approximate surface area is 83.7 Å². The molecule has 4 heteroatoms. The molecule has 0 aromatic heterocycles. The molecule has 0 heterocycles. The average molecular weight is 200 g/mol. The second kappa shape index (κ2) is 7.17. The summed E-state index contributed by atoms with van der Waals surface area (Å²) in [7, 11) is 4.72. The van der Waals surface area contributed by atoms with Gasteiger partial charge in [0.25, 0.3) is 0 Å². The van der Waals surface area contributed by atoms with Crippen LogP contribution in [0.3, 0.4) is 0 Å². The number of aliphatic hydroxyl groups is 1. The van der Waals surface area contributed by atoms with Gasteiger partial charge in [-0.25, -0.2) is 0 Å². The second-order valence-electron chi connectivity index (χ2n) is 2.57. The minimum Gasteiger partial charge on any atom is -0.504 e. The lowest BCUT2D eigenvalue weighted by Crippen LogP contribution is -1.87. The number of ether oxygens (including phenoxy) is 2. The Morgan fingerprint density at radius 2 is 1.79 bits per heavy atom. The van der Waals surface area contributed by atoms with E-state index >= 15 is 0 Å². The number of methoxy groups -OCH3 is 2. The number of hydrogen-bond acceptors (Lipinski definition) is 4. The highest BCUT2D eigenvalue weighted by Gasteiger charge is 2.00. The van der Waals surface area contributed by atoms with Gasteiger partial charge in [0.05, 0.1) is 13.7 Å². The molecule has 1 rings (SSSR count). The maximum atomic E-state index is 9.12. The summed E-state index contributed by atoms with van der Waals surface area (Å²) in [5.74, 6) is 0.473. The molecule has 0 amide bonds. The van der Waals surface area contributed by atoms with Gasteiger partial charge in [-0.05, 0) is 17.7 Å². The Morgan fingerprint density at radius 3 is 2.21 bits per heavy atom. The van der Waals surface area contributed by atoms with Crippen LogP contribution in [-0.2, 0) is 11.3 Å². The first-order valence-corrected chi connectivity index (χ1v) is 4.06. The Bertz CT molecular complexity index is 260. The third-order valence-electron chi connectivity index (χ3n) is 1.43. The van der Waals surface area contributed by atoms with Gasteiger partial charge in [-0.2, -0.15) is 0 Å². The van der Waals surface area contributed by atoms with E-state index in [0.29, 0.717) is 5.75 Å². The molecule has 4 nitrogen and oxygen atoms in total. The predicted molar refractivity (Wildman–Crippen MR) is 53.5 cm³/mol. The molecular formula is C10H16O4. The lowest BCUT2D eigenvalue weighted by Gasteiger charge is -2.03. The zero-order chi connectivity index (χ0) is 11.0. The van der Waals surface area contributed by atoms with Crippen LogP contribution < -0.4 is 4.74 Å². The van der Waals surface area contributed by atoms with Crippen molar-refractivity contribution in [3.8, 4) is 11.5 Å². The summed E-state index contributed by atoms with van der Waals surface area (Å²) in [5.41, 5.74) is 0.722. The molecule has 2 N–H and O–H groups in total. The van der Waals surface area contributed by atoms with Crippen molar-refractivity contribution in [1.29, 1.82) is 0 Å². The molecule has 0 saturated heterocycles. The summed E-state index contributed by atoms with van der Waals surface area (Å²) in [6.07, 6.45) is 0. The Balaban J connectivity index is 0.000000500. The Kier molecular flexibility index (Phi) is 6.53. The minimum atomic E-state index is -0.0450. The smallest absolute Gasteiger partial charge is 0.160 e. The van der Waals surface area contributed by atoms with E-state index in [-0.39, 0.29) is 12.4 Å². The van der Waals surface area contributed by atoms with Crippen molar-refractivity contribution in [2.75, 3.05) is 21.3 Å². The highest BCUT2D eigenvalue weighted by Crippen LogP contribution is 2.25. The standard InChI is InChI=1S/C8H10O3.C2H6O/c1-11-8-4-6(5-9)2-3-7(8)10;1-3-2/h2-4,9-10H,5H2,1H3;1-2H3. The van der Waals surface area contributed by atoms with Crippen LogP contribution in [0.4, 0.5) is 0 Å². The van der Waals surface area contributed by atoms with Crippen LogP contribution in [0.25, 0.3) is 0 Å². The largest absolute Gasteiger partial charge is 0.504 e. The molecule has 1 aromatic rings. The van der Waals surface area contributed by atoms with Crippen molar-refractivity contribution in [3.05, 3.63) is 23.8 Å². The van der Waals surface area contributed by atoms with Gasteiger partial charge >= 0.3 is 0 Å². The predicted octanol–water partition coefficient (Wildman–Crippen LogP) is 1.16. The van der Waals surface area contributed by atoms with Gasteiger partial charge in [-0.15, -0.1) is 0 Å². The van der Waals surface area contributed by atoms with Crippen LogP contribution >= 0.6 is 0 Å². The summed E-state index contributed by atoms with van der Waals surface area (Å²) in [5, 5.41) is 17.8. The van der Waals surface area contributed by atoms with E-state index in [1.165, 1.54) is 13.2 Å². The number of benzene rings is 1. The van der Waals surface area contributed by atoms with Crippen molar-refractivity contribution in [1.82, 2.24) is 0 Å². The van der Waals surface area contributed by atoms with E-state index in [0.717, 1.165) is 5.56 Å². The topological polar surface area (TPSA) is 58.9 Å². The number of hydrogen-bond donors (Lipinski definition) is 2. The third-order valence-corrected chi connectivity index (χ3v) is 1.43. The van der Waals surface area contributed by atoms with Gasteiger partial charge in [-0.1, -0.05) is 6.07 Å². The molecule has 0 atom stereocenters. The minimum absolute atomic E-state index is 0.0450. The van der Waals surface area contributed by atoms with Crippen LogP contribution in [0.1, 0.15) is 5.56 Å². The molecule has 0 radical (unpaired) electrons. The fourth-order valence-corrected chi connectivity index (χ4v) is 0.820. The molecule has 14 heavy (non-hydrogen) atoms. The van der Waals surface area contributed by atoms with Gasteiger partial charge in [0.2, 0.25) is 0 Å². The fourth-order valence-electron chi connectivity index (χ4n) is 0.820. The molecule has 0 aliphatic rings. The zero-order valence-corrected chi connectivity index (χ0v) is 8.65. The molecule has 0 aliphatic heterocycles. The molecule has 0 saturated carbocycles. The first-order chi connectivity index (χ1) is 6.69. The maximum absolute atomic E-state index is 9.12. The number of rotatable bonds is 2. The van der Waals surface area contributed by atoms with Gasteiger partial charge in [0.1, 0.15) is 0 Å². The Hall–Kier alpha value is -1.26. The van der Waals surface area contributed by atoms with Crippen molar-refractivity contribution in [2.45, 2.75) is 6.61 Å². The number of phenolic OH excluding ortho intramolecular Hbond substituents is 1. The molecule has 0 unspecified atom stereocenters. The average Bonchev–Trinajstić information content (AvgIpc) is 2.20. The van der Waals surface area contributed by atoms with Crippen LogP contribution in [0.15, 0.2) is 18.2 Å². The van der Waals surface area contributed by atoms with Crippen molar-refractivity contribution < 1.29 is 19.7 Å². The zero-order valence-electron chi connectivity index (χ0n) is 8.65. The molecule has 0 fully saturated rings. The van der Waals surface area contributed by atoms with Crippen molar-refractivity contribution >= 4 is 0 Å². The van der Waals surface area contributed by atoms with Crippen molar-refractivity contribution in [3.63, 3.8) is 0 Å². The van der Waals surface area contributed by atoms with Crippen LogP contribution in [0.5, 0.6) is 11.5 Å². The van der Waals surface area contributed by atoms with E-state index < -0.39 is 0 Å². The van der Waals surface area contributed by atoms with Gasteiger partial charge in [0.15, 0.2) is 11.5 Å².